The van der Waals surface area contributed by atoms with E-state index in [-0.39, 0.29) is 11.4 Å². The first-order valence-corrected chi connectivity index (χ1v) is 6.39. The van der Waals surface area contributed by atoms with Gasteiger partial charge in [0.15, 0.2) is 0 Å². The highest BCUT2D eigenvalue weighted by atomic mass is 19.1. The fraction of sp³-hybridized carbons (Fsp3) is 0.571. The normalized spacial score (nSPS) is 11.5. The van der Waals surface area contributed by atoms with Crippen molar-refractivity contribution in [2.75, 3.05) is 11.9 Å². The molecule has 0 spiro atoms. The number of hydrogen-bond acceptors (Lipinski definition) is 2. The van der Waals surface area contributed by atoms with Crippen LogP contribution in [0.15, 0.2) is 24.3 Å². The molecule has 0 fully saturated rings. The zero-order valence-electron chi connectivity index (χ0n) is 10.8. The third-order valence-electron chi connectivity index (χ3n) is 3.08. The van der Waals surface area contributed by atoms with E-state index in [1.54, 1.807) is 6.07 Å². The van der Waals surface area contributed by atoms with Crippen LogP contribution >= 0.6 is 0 Å². The molecule has 0 saturated carbocycles. The molecule has 0 bridgehead atoms. The zero-order chi connectivity index (χ0) is 12.7. The van der Waals surface area contributed by atoms with Gasteiger partial charge in [-0.2, -0.15) is 0 Å². The van der Waals surface area contributed by atoms with E-state index in [0.717, 1.165) is 31.4 Å². The van der Waals surface area contributed by atoms with Crippen molar-refractivity contribution in [1.29, 1.82) is 0 Å². The summed E-state index contributed by atoms with van der Waals surface area (Å²) in [5, 5.41) is 3.42. The summed E-state index contributed by atoms with van der Waals surface area (Å²) >= 11 is 0. The van der Waals surface area contributed by atoms with Crippen LogP contribution in [0, 0.1) is 5.82 Å². The molecule has 0 unspecified atom stereocenters. The van der Waals surface area contributed by atoms with E-state index in [4.69, 9.17) is 5.73 Å². The maximum absolute atomic E-state index is 13.1. The predicted octanol–water partition coefficient (Wildman–Crippen LogP) is 3.54. The first-order valence-electron chi connectivity index (χ1n) is 6.39. The van der Waals surface area contributed by atoms with Crippen LogP contribution in [0.2, 0.25) is 0 Å². The molecular weight excluding hydrogens is 215 g/mol. The van der Waals surface area contributed by atoms with Crippen molar-refractivity contribution in [3.63, 3.8) is 0 Å². The van der Waals surface area contributed by atoms with E-state index in [2.05, 4.69) is 19.2 Å². The number of benzene rings is 1. The van der Waals surface area contributed by atoms with E-state index >= 15 is 0 Å². The molecule has 1 rings (SSSR count). The average molecular weight is 238 g/mol. The first kappa shape index (κ1) is 14.0. The molecule has 3 heteroatoms. The number of nitrogens with one attached hydrogen (secondary N) is 1. The summed E-state index contributed by atoms with van der Waals surface area (Å²) in [6, 6.07) is 6.58. The molecule has 3 N–H and O–H groups in total. The van der Waals surface area contributed by atoms with Crippen LogP contribution < -0.4 is 11.1 Å². The Morgan fingerprint density at radius 1 is 1.24 bits per heavy atom. The maximum Gasteiger partial charge on any atom is 0.125 e. The molecule has 0 aliphatic carbocycles. The Balaban J connectivity index is 2.84. The summed E-state index contributed by atoms with van der Waals surface area (Å²) in [4.78, 5) is 0. The standard InChI is InChI=1S/C14H23FN2/c1-3-8-14(11-16,9-4-2)17-13-7-5-6-12(15)10-13/h5-7,10,17H,3-4,8-9,11,16H2,1-2H3. The number of rotatable bonds is 7. The minimum atomic E-state index is -0.214. The van der Waals surface area contributed by atoms with E-state index in [1.807, 2.05) is 6.07 Å². The predicted molar refractivity (Wildman–Crippen MR) is 71.6 cm³/mol. The zero-order valence-corrected chi connectivity index (χ0v) is 10.8. The van der Waals surface area contributed by atoms with Crippen LogP contribution in [0.5, 0.6) is 0 Å². The van der Waals surface area contributed by atoms with Crippen LogP contribution in [-0.2, 0) is 0 Å². The van der Waals surface area contributed by atoms with Gasteiger partial charge in [0.25, 0.3) is 0 Å². The van der Waals surface area contributed by atoms with E-state index in [0.29, 0.717) is 6.54 Å². The van der Waals surface area contributed by atoms with Crippen molar-refractivity contribution < 1.29 is 4.39 Å². The quantitative estimate of drug-likeness (QED) is 0.762. The smallest absolute Gasteiger partial charge is 0.125 e. The number of anilines is 1. The Hall–Kier alpha value is -1.09. The number of hydrogen-bond donors (Lipinski definition) is 2. The summed E-state index contributed by atoms with van der Waals surface area (Å²) in [6.07, 6.45) is 4.15. The fourth-order valence-corrected chi connectivity index (χ4v) is 2.33. The van der Waals surface area contributed by atoms with Gasteiger partial charge in [0.1, 0.15) is 5.82 Å². The lowest BCUT2D eigenvalue weighted by Crippen LogP contribution is -2.45. The van der Waals surface area contributed by atoms with Gasteiger partial charge in [-0.15, -0.1) is 0 Å². The van der Waals surface area contributed by atoms with Crippen LogP contribution in [0.3, 0.4) is 0 Å². The molecule has 0 amide bonds. The van der Waals surface area contributed by atoms with Gasteiger partial charge < -0.3 is 11.1 Å². The second-order valence-corrected chi connectivity index (χ2v) is 4.62. The molecule has 0 saturated heterocycles. The van der Waals surface area contributed by atoms with Crippen LogP contribution in [-0.4, -0.2) is 12.1 Å². The molecule has 1 aromatic rings. The molecule has 2 nitrogen and oxygen atoms in total. The fourth-order valence-electron chi connectivity index (χ4n) is 2.33. The van der Waals surface area contributed by atoms with Crippen molar-refractivity contribution in [2.45, 2.75) is 45.1 Å². The van der Waals surface area contributed by atoms with Crippen molar-refractivity contribution in [1.82, 2.24) is 0 Å². The second-order valence-electron chi connectivity index (χ2n) is 4.62. The molecule has 17 heavy (non-hydrogen) atoms. The molecular formula is C14H23FN2. The van der Waals surface area contributed by atoms with Gasteiger partial charge in [0.05, 0.1) is 0 Å². The number of nitrogens with two attached hydrogens (primary N) is 1. The maximum atomic E-state index is 13.1. The molecule has 0 atom stereocenters. The van der Waals surface area contributed by atoms with E-state index < -0.39 is 0 Å². The van der Waals surface area contributed by atoms with E-state index in [1.165, 1.54) is 12.1 Å². The van der Waals surface area contributed by atoms with Gasteiger partial charge in [-0.25, -0.2) is 4.39 Å². The molecule has 0 radical (unpaired) electrons. The third-order valence-corrected chi connectivity index (χ3v) is 3.08. The molecule has 0 aromatic heterocycles. The Kier molecular flexibility index (Phi) is 5.42. The topological polar surface area (TPSA) is 38.0 Å². The minimum Gasteiger partial charge on any atom is -0.378 e. The largest absolute Gasteiger partial charge is 0.378 e. The Labute approximate surface area is 103 Å². The van der Waals surface area contributed by atoms with Crippen molar-refractivity contribution in [2.24, 2.45) is 5.73 Å². The summed E-state index contributed by atoms with van der Waals surface area (Å²) in [6.45, 7) is 4.87. The van der Waals surface area contributed by atoms with Crippen molar-refractivity contribution in [3.8, 4) is 0 Å². The lowest BCUT2D eigenvalue weighted by molar-refractivity contribution is 0.401. The Bertz CT molecular complexity index is 333. The Morgan fingerprint density at radius 2 is 1.88 bits per heavy atom. The number of halogens is 1. The summed E-state index contributed by atoms with van der Waals surface area (Å²) in [5.41, 5.74) is 6.63. The van der Waals surface area contributed by atoms with Gasteiger partial charge in [-0.1, -0.05) is 32.8 Å². The second kappa shape index (κ2) is 6.60. The first-order chi connectivity index (χ1) is 8.15. The van der Waals surface area contributed by atoms with Crippen LogP contribution in [0.1, 0.15) is 39.5 Å². The van der Waals surface area contributed by atoms with Crippen LogP contribution in [0.4, 0.5) is 10.1 Å². The SMILES string of the molecule is CCCC(CN)(CCC)Nc1cccc(F)c1. The average Bonchev–Trinajstić information content (AvgIpc) is 2.29. The van der Waals surface area contributed by atoms with Crippen molar-refractivity contribution in [3.05, 3.63) is 30.1 Å². The van der Waals surface area contributed by atoms with Gasteiger partial charge in [-0.3, -0.25) is 0 Å². The van der Waals surface area contributed by atoms with Gasteiger partial charge in [-0.05, 0) is 31.0 Å². The van der Waals surface area contributed by atoms with Gasteiger partial charge in [0, 0.05) is 17.8 Å². The monoisotopic (exact) mass is 238 g/mol. The summed E-state index contributed by atoms with van der Waals surface area (Å²) < 4.78 is 13.1. The highest BCUT2D eigenvalue weighted by Crippen LogP contribution is 2.24. The van der Waals surface area contributed by atoms with Crippen molar-refractivity contribution >= 4 is 5.69 Å². The summed E-state index contributed by atoms with van der Waals surface area (Å²) in [7, 11) is 0. The minimum absolute atomic E-state index is 0.0999. The van der Waals surface area contributed by atoms with E-state index in [9.17, 15) is 4.39 Å². The molecule has 96 valence electrons. The Morgan fingerprint density at radius 3 is 2.35 bits per heavy atom. The summed E-state index contributed by atoms with van der Waals surface area (Å²) in [5.74, 6) is -0.214. The molecule has 0 aliphatic heterocycles. The lowest BCUT2D eigenvalue weighted by atomic mass is 9.88. The van der Waals surface area contributed by atoms with Gasteiger partial charge >= 0.3 is 0 Å². The lowest BCUT2D eigenvalue weighted by Gasteiger charge is -2.34. The highest BCUT2D eigenvalue weighted by molar-refractivity contribution is 5.45. The third kappa shape index (κ3) is 4.00. The van der Waals surface area contributed by atoms with Crippen LogP contribution in [0.25, 0.3) is 0 Å². The molecule has 0 heterocycles. The molecule has 0 aliphatic rings. The van der Waals surface area contributed by atoms with Gasteiger partial charge in [0.2, 0.25) is 0 Å². The molecule has 1 aromatic carbocycles. The highest BCUT2D eigenvalue weighted by Gasteiger charge is 2.26.